The van der Waals surface area contributed by atoms with Crippen LogP contribution in [0.4, 0.5) is 0 Å². The molecule has 0 aliphatic rings. The monoisotopic (exact) mass is 308 g/mol. The minimum Gasteiger partial charge on any atom is -0.493 e. The molecule has 7 nitrogen and oxygen atoms in total. The van der Waals surface area contributed by atoms with E-state index in [1.165, 1.54) is 20.3 Å². The molecule has 1 rings (SSSR count). The van der Waals surface area contributed by atoms with Gasteiger partial charge in [-0.3, -0.25) is 9.59 Å². The summed E-state index contributed by atoms with van der Waals surface area (Å²) in [5, 5.41) is 14.7. The molecule has 0 spiro atoms. The van der Waals surface area contributed by atoms with E-state index in [2.05, 4.69) is 17.2 Å². The first kappa shape index (κ1) is 17.5. The number of carbonyl (C=O) groups excluding carboxylic acids is 2. The molecule has 0 radical (unpaired) electrons. The van der Waals surface area contributed by atoms with E-state index in [9.17, 15) is 14.7 Å². The molecule has 3 N–H and O–H groups in total. The molecule has 7 heteroatoms. The van der Waals surface area contributed by atoms with Crippen LogP contribution < -0.4 is 20.1 Å². The van der Waals surface area contributed by atoms with Crippen molar-refractivity contribution in [3.05, 3.63) is 36.4 Å². The average Bonchev–Trinajstić information content (AvgIpc) is 2.56. The third-order valence-electron chi connectivity index (χ3n) is 2.86. The van der Waals surface area contributed by atoms with E-state index < -0.39 is 17.9 Å². The van der Waals surface area contributed by atoms with E-state index in [0.717, 1.165) is 0 Å². The number of nitrogens with one attached hydrogen (secondary N) is 2. The number of ether oxygens (including phenoxy) is 2. The van der Waals surface area contributed by atoms with Crippen molar-refractivity contribution in [2.24, 2.45) is 0 Å². The third kappa shape index (κ3) is 4.78. The molecule has 0 aliphatic carbocycles. The van der Waals surface area contributed by atoms with Gasteiger partial charge in [0.2, 0.25) is 0 Å². The summed E-state index contributed by atoms with van der Waals surface area (Å²) in [6, 6.07) is 4.90. The Labute approximate surface area is 128 Å². The van der Waals surface area contributed by atoms with Crippen LogP contribution >= 0.6 is 0 Å². The van der Waals surface area contributed by atoms with Crippen molar-refractivity contribution in [1.29, 1.82) is 0 Å². The van der Waals surface area contributed by atoms with Crippen molar-refractivity contribution < 1.29 is 24.2 Å². The van der Waals surface area contributed by atoms with Gasteiger partial charge < -0.3 is 25.2 Å². The number of aliphatic hydroxyl groups excluding tert-OH is 1. The van der Waals surface area contributed by atoms with Crippen LogP contribution in [0.5, 0.6) is 11.5 Å². The van der Waals surface area contributed by atoms with Gasteiger partial charge in [-0.05, 0) is 17.7 Å². The lowest BCUT2D eigenvalue weighted by Crippen LogP contribution is -2.41. The van der Waals surface area contributed by atoms with E-state index in [-0.39, 0.29) is 13.1 Å². The van der Waals surface area contributed by atoms with Crippen LogP contribution in [-0.2, 0) is 9.59 Å². The predicted molar refractivity (Wildman–Crippen MR) is 80.7 cm³/mol. The highest BCUT2D eigenvalue weighted by molar-refractivity contribution is 6.35. The Hall–Kier alpha value is -2.54. The summed E-state index contributed by atoms with van der Waals surface area (Å²) in [4.78, 5) is 22.8. The fourth-order valence-electron chi connectivity index (χ4n) is 1.69. The number of hydrogen-bond acceptors (Lipinski definition) is 5. The average molecular weight is 308 g/mol. The van der Waals surface area contributed by atoms with Gasteiger partial charge in [0.05, 0.1) is 20.3 Å². The fourth-order valence-corrected chi connectivity index (χ4v) is 1.69. The number of aliphatic hydroxyl groups is 1. The molecular weight excluding hydrogens is 288 g/mol. The minimum absolute atomic E-state index is 0.101. The molecule has 0 bridgehead atoms. The van der Waals surface area contributed by atoms with E-state index >= 15 is 0 Å². The molecule has 2 amide bonds. The molecule has 0 saturated heterocycles. The molecule has 0 aliphatic heterocycles. The fraction of sp³-hybridized carbons (Fsp3) is 0.333. The van der Waals surface area contributed by atoms with E-state index in [4.69, 9.17) is 9.47 Å². The second-order valence-electron chi connectivity index (χ2n) is 4.34. The predicted octanol–water partition coefficient (Wildman–Crippen LogP) is 0.156. The number of rotatable bonds is 7. The highest BCUT2D eigenvalue weighted by atomic mass is 16.5. The zero-order valence-corrected chi connectivity index (χ0v) is 12.6. The summed E-state index contributed by atoms with van der Waals surface area (Å²) in [7, 11) is 3.00. The number of carbonyl (C=O) groups is 2. The van der Waals surface area contributed by atoms with Crippen LogP contribution in [0, 0.1) is 0 Å². The van der Waals surface area contributed by atoms with Crippen LogP contribution in [0.25, 0.3) is 0 Å². The SMILES string of the molecule is C=CCNC(=O)C(=O)NCC(O)c1ccc(OC)c(OC)c1. The van der Waals surface area contributed by atoms with Gasteiger partial charge >= 0.3 is 11.8 Å². The first-order chi connectivity index (χ1) is 10.5. The standard InChI is InChI=1S/C15H20N2O5/c1-4-7-16-14(19)15(20)17-9-11(18)10-5-6-12(21-2)13(8-10)22-3/h4-6,8,11,18H,1,7,9H2,2-3H3,(H,16,19)(H,17,20). The quantitative estimate of drug-likeness (QED) is 0.492. The molecule has 0 saturated carbocycles. The summed E-state index contributed by atoms with van der Waals surface area (Å²) < 4.78 is 10.2. The Morgan fingerprint density at radius 1 is 1.23 bits per heavy atom. The lowest BCUT2D eigenvalue weighted by Gasteiger charge is -2.14. The second kappa shape index (κ2) is 8.68. The van der Waals surface area contributed by atoms with E-state index in [0.29, 0.717) is 17.1 Å². The van der Waals surface area contributed by atoms with Crippen LogP contribution in [0.3, 0.4) is 0 Å². The van der Waals surface area contributed by atoms with Crippen molar-refractivity contribution in [2.75, 3.05) is 27.3 Å². The molecule has 120 valence electrons. The third-order valence-corrected chi connectivity index (χ3v) is 2.86. The summed E-state index contributed by atoms with van der Waals surface area (Å²) in [6.07, 6.45) is 0.486. The molecule has 1 aromatic carbocycles. The van der Waals surface area contributed by atoms with Crippen molar-refractivity contribution >= 4 is 11.8 Å². The molecule has 1 atom stereocenters. The van der Waals surface area contributed by atoms with Gasteiger partial charge in [0, 0.05) is 13.1 Å². The Kier molecular flexibility index (Phi) is 6.91. The summed E-state index contributed by atoms with van der Waals surface area (Å²) in [6.45, 7) is 3.53. The van der Waals surface area contributed by atoms with Crippen molar-refractivity contribution in [3.63, 3.8) is 0 Å². The lowest BCUT2D eigenvalue weighted by molar-refractivity contribution is -0.139. The maximum atomic E-state index is 11.5. The number of hydrogen-bond donors (Lipinski definition) is 3. The van der Waals surface area contributed by atoms with Gasteiger partial charge in [-0.1, -0.05) is 12.1 Å². The van der Waals surface area contributed by atoms with E-state index in [1.807, 2.05) is 0 Å². The smallest absolute Gasteiger partial charge is 0.309 e. The largest absolute Gasteiger partial charge is 0.493 e. The minimum atomic E-state index is -0.976. The van der Waals surface area contributed by atoms with Crippen LogP contribution in [0.15, 0.2) is 30.9 Å². The van der Waals surface area contributed by atoms with Crippen molar-refractivity contribution in [1.82, 2.24) is 10.6 Å². The number of benzene rings is 1. The summed E-state index contributed by atoms with van der Waals surface area (Å²) in [5.74, 6) is -0.596. The first-order valence-electron chi connectivity index (χ1n) is 6.60. The Balaban J connectivity index is 2.62. The first-order valence-corrected chi connectivity index (χ1v) is 6.60. The van der Waals surface area contributed by atoms with Gasteiger partial charge in [-0.15, -0.1) is 6.58 Å². The Bertz CT molecular complexity index is 545. The highest BCUT2D eigenvalue weighted by Gasteiger charge is 2.16. The molecule has 1 aromatic rings. The van der Waals surface area contributed by atoms with Gasteiger partial charge in [-0.2, -0.15) is 0 Å². The molecule has 0 fully saturated rings. The van der Waals surface area contributed by atoms with Gasteiger partial charge in [0.15, 0.2) is 11.5 Å². The highest BCUT2D eigenvalue weighted by Crippen LogP contribution is 2.29. The van der Waals surface area contributed by atoms with Crippen LogP contribution in [0.1, 0.15) is 11.7 Å². The molecule has 1 unspecified atom stereocenters. The van der Waals surface area contributed by atoms with Gasteiger partial charge in [-0.25, -0.2) is 0 Å². The van der Waals surface area contributed by atoms with E-state index in [1.54, 1.807) is 18.2 Å². The zero-order valence-electron chi connectivity index (χ0n) is 12.6. The van der Waals surface area contributed by atoms with Gasteiger partial charge in [0.25, 0.3) is 0 Å². The second-order valence-corrected chi connectivity index (χ2v) is 4.34. The maximum absolute atomic E-state index is 11.5. The molecular formula is C15H20N2O5. The molecule has 0 aromatic heterocycles. The van der Waals surface area contributed by atoms with Crippen LogP contribution in [-0.4, -0.2) is 44.2 Å². The lowest BCUT2D eigenvalue weighted by atomic mass is 10.1. The summed E-state index contributed by atoms with van der Waals surface area (Å²) >= 11 is 0. The Morgan fingerprint density at radius 3 is 2.45 bits per heavy atom. The van der Waals surface area contributed by atoms with Crippen molar-refractivity contribution in [2.45, 2.75) is 6.10 Å². The molecule has 0 heterocycles. The zero-order chi connectivity index (χ0) is 16.5. The maximum Gasteiger partial charge on any atom is 0.309 e. The normalized spacial score (nSPS) is 11.2. The number of methoxy groups -OCH3 is 2. The van der Waals surface area contributed by atoms with Crippen LogP contribution in [0.2, 0.25) is 0 Å². The topological polar surface area (TPSA) is 96.9 Å². The molecule has 22 heavy (non-hydrogen) atoms. The van der Waals surface area contributed by atoms with Gasteiger partial charge in [0.1, 0.15) is 0 Å². The number of amides is 2. The Morgan fingerprint density at radius 2 is 1.86 bits per heavy atom. The van der Waals surface area contributed by atoms with Crippen molar-refractivity contribution in [3.8, 4) is 11.5 Å². The summed E-state index contributed by atoms with van der Waals surface area (Å²) in [5.41, 5.74) is 0.532.